The fraction of sp³-hybridized carbons (Fsp3) is 0.667. The Morgan fingerprint density at radius 1 is 0.778 bits per heavy atom. The molecule has 106 valence electrons. The molecule has 0 radical (unpaired) electrons. The van der Waals surface area contributed by atoms with Crippen molar-refractivity contribution < 1.29 is 43.9 Å². The minimum absolute atomic E-state index is 0.00503. The summed E-state index contributed by atoms with van der Waals surface area (Å²) in [6, 6.07) is 0. The lowest BCUT2D eigenvalue weighted by Crippen LogP contribution is -2.13. The van der Waals surface area contributed by atoms with E-state index in [9.17, 15) is 26.4 Å². The van der Waals surface area contributed by atoms with Crippen LogP contribution in [-0.4, -0.2) is 37.9 Å². The largest absolute Gasteiger partial charge is 0.448 e. The summed E-state index contributed by atoms with van der Waals surface area (Å²) in [5.41, 5.74) is 0. The monoisotopic (exact) mass is 306 g/mol. The lowest BCUT2D eigenvalue weighted by molar-refractivity contribution is -0.136. The van der Waals surface area contributed by atoms with E-state index in [1.807, 2.05) is 0 Å². The van der Waals surface area contributed by atoms with E-state index in [1.165, 1.54) is 0 Å². The van der Waals surface area contributed by atoms with Crippen molar-refractivity contribution in [2.75, 3.05) is 0 Å². The van der Waals surface area contributed by atoms with Crippen LogP contribution in [0.15, 0.2) is 0 Å². The Labute approximate surface area is 103 Å². The van der Waals surface area contributed by atoms with Crippen LogP contribution in [0.5, 0.6) is 0 Å². The van der Waals surface area contributed by atoms with Crippen molar-refractivity contribution in [1.29, 1.82) is 0 Å². The Bertz CT molecular complexity index is 452. The summed E-state index contributed by atoms with van der Waals surface area (Å²) in [5, 5.41) is 0. The number of carbonyl (C=O) groups is 2. The normalized spacial score (nSPS) is 11.9. The van der Waals surface area contributed by atoms with Crippen LogP contribution in [0, 0.1) is 0 Å². The Kier molecular flexibility index (Phi) is 6.17. The molecule has 0 aliphatic rings. The van der Waals surface area contributed by atoms with E-state index in [2.05, 4.69) is 8.37 Å². The van der Waals surface area contributed by atoms with Gasteiger partial charge in [-0.2, -0.15) is 16.8 Å². The van der Waals surface area contributed by atoms with Gasteiger partial charge in [-0.1, -0.05) is 0 Å². The van der Waals surface area contributed by atoms with Gasteiger partial charge in [0.05, 0.1) is 0 Å². The van der Waals surface area contributed by atoms with Crippen LogP contribution in [0.4, 0.5) is 0 Å². The third-order valence-corrected chi connectivity index (χ3v) is 2.20. The quantitative estimate of drug-likeness (QED) is 0.451. The zero-order valence-electron chi connectivity index (χ0n) is 8.81. The van der Waals surface area contributed by atoms with Gasteiger partial charge in [-0.05, 0) is 12.8 Å². The molecule has 0 aromatic rings. The number of hydrogen-bond acceptors (Lipinski definition) is 8. The molecule has 0 rings (SSSR count). The summed E-state index contributed by atoms with van der Waals surface area (Å²) in [5.74, 6) is -2.44. The van der Waals surface area contributed by atoms with Crippen molar-refractivity contribution in [1.82, 2.24) is 0 Å². The molecule has 18 heavy (non-hydrogen) atoms. The van der Waals surface area contributed by atoms with Crippen molar-refractivity contribution in [3.8, 4) is 0 Å². The average molecular weight is 306 g/mol. The van der Waals surface area contributed by atoms with Crippen LogP contribution >= 0.6 is 0 Å². The van der Waals surface area contributed by atoms with Gasteiger partial charge >= 0.3 is 32.7 Å². The molecule has 0 aliphatic carbocycles. The highest BCUT2D eigenvalue weighted by Gasteiger charge is 2.15. The van der Waals surface area contributed by atoms with Crippen LogP contribution in [0.2, 0.25) is 0 Å². The molecule has 0 bridgehead atoms. The van der Waals surface area contributed by atoms with Gasteiger partial charge in [-0.3, -0.25) is 18.7 Å². The van der Waals surface area contributed by atoms with Crippen molar-refractivity contribution >= 4 is 32.7 Å². The maximum absolute atomic E-state index is 10.7. The van der Waals surface area contributed by atoms with Crippen molar-refractivity contribution in [2.45, 2.75) is 25.7 Å². The standard InChI is InChI=1S/C6H10O10S2/c7-5(15-17(9,10)11)3-1-2-4-6(8)16-18(12,13)14/h1-4H2,(H,9,10,11)(H,12,13,14). The number of carbonyl (C=O) groups excluding carboxylic acids is 2. The van der Waals surface area contributed by atoms with E-state index < -0.39 is 45.6 Å². The first-order chi connectivity index (χ1) is 7.99. The fourth-order valence-electron chi connectivity index (χ4n) is 0.857. The number of unbranched alkanes of at least 4 members (excludes halogenated alkanes) is 1. The summed E-state index contributed by atoms with van der Waals surface area (Å²) in [6.45, 7) is 0. The highest BCUT2D eigenvalue weighted by atomic mass is 32.3. The molecule has 0 aromatic carbocycles. The molecule has 0 fully saturated rings. The summed E-state index contributed by atoms with van der Waals surface area (Å²) in [7, 11) is -9.71. The summed E-state index contributed by atoms with van der Waals surface area (Å²) in [6.07, 6.45) is -0.818. The van der Waals surface area contributed by atoms with Crippen molar-refractivity contribution in [2.24, 2.45) is 0 Å². The topological polar surface area (TPSA) is 161 Å². The highest BCUT2D eigenvalue weighted by molar-refractivity contribution is 7.81. The summed E-state index contributed by atoms with van der Waals surface area (Å²) < 4.78 is 63.7. The Hall–Kier alpha value is -1.24. The van der Waals surface area contributed by atoms with Gasteiger partial charge in [0.1, 0.15) is 0 Å². The second-order valence-electron chi connectivity index (χ2n) is 2.97. The molecule has 0 aliphatic heterocycles. The molecule has 0 amide bonds. The summed E-state index contributed by atoms with van der Waals surface area (Å²) >= 11 is 0. The van der Waals surface area contributed by atoms with Gasteiger partial charge in [-0.15, -0.1) is 0 Å². The van der Waals surface area contributed by atoms with E-state index in [1.54, 1.807) is 0 Å². The third kappa shape index (κ3) is 11.3. The highest BCUT2D eigenvalue weighted by Crippen LogP contribution is 2.05. The molecule has 2 N–H and O–H groups in total. The van der Waals surface area contributed by atoms with E-state index in [4.69, 9.17) is 9.11 Å². The molecule has 0 atom stereocenters. The van der Waals surface area contributed by atoms with Crippen LogP contribution in [0.25, 0.3) is 0 Å². The first kappa shape index (κ1) is 16.8. The van der Waals surface area contributed by atoms with Crippen LogP contribution in [0.1, 0.15) is 25.7 Å². The third-order valence-electron chi connectivity index (χ3n) is 1.41. The predicted molar refractivity (Wildman–Crippen MR) is 53.7 cm³/mol. The zero-order valence-corrected chi connectivity index (χ0v) is 10.4. The Balaban J connectivity index is 3.82. The van der Waals surface area contributed by atoms with Crippen molar-refractivity contribution in [3.05, 3.63) is 0 Å². The van der Waals surface area contributed by atoms with Gasteiger partial charge in [0, 0.05) is 12.8 Å². The summed E-state index contributed by atoms with van der Waals surface area (Å²) in [4.78, 5) is 21.4. The van der Waals surface area contributed by atoms with Crippen LogP contribution < -0.4 is 0 Å². The zero-order chi connectivity index (χ0) is 14.4. The molecular weight excluding hydrogens is 296 g/mol. The Morgan fingerprint density at radius 2 is 1.06 bits per heavy atom. The maximum atomic E-state index is 10.7. The number of rotatable bonds is 7. The average Bonchev–Trinajstić information content (AvgIpc) is 2.06. The van der Waals surface area contributed by atoms with Gasteiger partial charge in [0.2, 0.25) is 0 Å². The van der Waals surface area contributed by atoms with Gasteiger partial charge < -0.3 is 8.37 Å². The van der Waals surface area contributed by atoms with Gasteiger partial charge in [-0.25, -0.2) is 0 Å². The predicted octanol–water partition coefficient (Wildman–Crippen LogP) is -0.761. The van der Waals surface area contributed by atoms with E-state index >= 15 is 0 Å². The van der Waals surface area contributed by atoms with Gasteiger partial charge in [0.25, 0.3) is 0 Å². The minimum atomic E-state index is -4.85. The van der Waals surface area contributed by atoms with E-state index in [-0.39, 0.29) is 12.8 Å². The molecular formula is C6H10O10S2. The molecule has 0 saturated heterocycles. The molecule has 0 saturated carbocycles. The lowest BCUT2D eigenvalue weighted by Gasteiger charge is -2.01. The first-order valence-corrected chi connectivity index (χ1v) is 7.12. The van der Waals surface area contributed by atoms with E-state index in [0.29, 0.717) is 0 Å². The van der Waals surface area contributed by atoms with Gasteiger partial charge in [0.15, 0.2) is 0 Å². The molecule has 0 heterocycles. The minimum Gasteiger partial charge on any atom is -0.325 e. The molecule has 0 aromatic heterocycles. The van der Waals surface area contributed by atoms with Crippen LogP contribution in [0.3, 0.4) is 0 Å². The SMILES string of the molecule is O=C(CCCCC(=O)OS(=O)(=O)O)OS(=O)(=O)O. The lowest BCUT2D eigenvalue weighted by atomic mass is 10.2. The van der Waals surface area contributed by atoms with Crippen LogP contribution in [-0.2, 0) is 38.8 Å². The Morgan fingerprint density at radius 3 is 1.28 bits per heavy atom. The molecule has 12 heteroatoms. The first-order valence-electron chi connectivity index (χ1n) is 4.39. The molecule has 0 spiro atoms. The smallest absolute Gasteiger partial charge is 0.325 e. The number of hydrogen-bond donors (Lipinski definition) is 2. The molecule has 0 unspecified atom stereocenters. The maximum Gasteiger partial charge on any atom is 0.448 e. The second-order valence-corrected chi connectivity index (χ2v) is 5.02. The molecule has 10 nitrogen and oxygen atoms in total. The second kappa shape index (κ2) is 6.63. The van der Waals surface area contributed by atoms with Crippen molar-refractivity contribution in [3.63, 3.8) is 0 Å². The fourth-order valence-corrected chi connectivity index (χ4v) is 1.49. The van der Waals surface area contributed by atoms with E-state index in [0.717, 1.165) is 0 Å².